The number of quaternary nitrogens is 1. The number of halogens is 1. The Balaban J connectivity index is 0.00000833. The summed E-state index contributed by atoms with van der Waals surface area (Å²) in [5.41, 5.74) is 5.37. The van der Waals surface area contributed by atoms with Gasteiger partial charge in [-0.3, -0.25) is 24.6 Å². The summed E-state index contributed by atoms with van der Waals surface area (Å²) < 4.78 is 6.17. The van der Waals surface area contributed by atoms with Gasteiger partial charge in [0.1, 0.15) is 12.3 Å². The summed E-state index contributed by atoms with van der Waals surface area (Å²) in [6.45, 7) is 17.4. The Morgan fingerprint density at radius 3 is 2.22 bits per heavy atom. The number of nitrogens with one attached hydrogen (secondary N) is 1. The molecule has 10 heteroatoms. The van der Waals surface area contributed by atoms with E-state index in [9.17, 15) is 19.7 Å². The number of benzene rings is 2. The van der Waals surface area contributed by atoms with Gasteiger partial charge in [0.05, 0.1) is 37.7 Å². The van der Waals surface area contributed by atoms with Crippen molar-refractivity contribution < 1.29 is 40.7 Å². The number of rotatable bonds is 20. The molecule has 0 aromatic heterocycles. The number of methoxy groups -OCH3 is 1. The van der Waals surface area contributed by atoms with Gasteiger partial charge >= 0.3 is 0 Å². The molecule has 0 saturated carbocycles. The largest absolute Gasteiger partial charge is 1.00 e. The molecule has 1 fully saturated rings. The van der Waals surface area contributed by atoms with Crippen LogP contribution in [0.5, 0.6) is 5.75 Å². The number of ether oxygens (including phenoxy) is 1. The number of likely N-dealkylation sites (tertiary alicyclic amines) is 1. The molecule has 0 aliphatic carbocycles. The van der Waals surface area contributed by atoms with Gasteiger partial charge in [-0.25, -0.2) is 0 Å². The molecule has 9 nitrogen and oxygen atoms in total. The minimum Gasteiger partial charge on any atom is -1.00 e. The van der Waals surface area contributed by atoms with Crippen LogP contribution in [0.3, 0.4) is 0 Å². The minimum absolute atomic E-state index is 0. The number of aryl methyl sites for hydroxylation is 3. The Morgan fingerprint density at radius 1 is 0.959 bits per heavy atom. The van der Waals surface area contributed by atoms with Crippen LogP contribution in [0, 0.1) is 37.8 Å². The molecule has 0 radical (unpaired) electrons. The van der Waals surface area contributed by atoms with Crippen molar-refractivity contribution in [2.75, 3.05) is 51.7 Å². The third-order valence-electron chi connectivity index (χ3n) is 10.5. The van der Waals surface area contributed by atoms with Gasteiger partial charge in [-0.05, 0) is 121 Å². The molecule has 2 aromatic carbocycles. The number of unbranched alkanes of at least 4 members (excludes halogenated alkanes) is 5. The number of likely N-dealkylation sites (N-methyl/N-ethyl adjacent to an activating group) is 1. The van der Waals surface area contributed by atoms with Crippen LogP contribution in [-0.4, -0.2) is 78.4 Å². The van der Waals surface area contributed by atoms with Gasteiger partial charge in [0.15, 0.2) is 5.78 Å². The van der Waals surface area contributed by atoms with Crippen molar-refractivity contribution in [2.24, 2.45) is 0 Å². The summed E-state index contributed by atoms with van der Waals surface area (Å²) in [5.74, 6) is 1.07. The summed E-state index contributed by atoms with van der Waals surface area (Å²) in [6.07, 6.45) is 11.3. The Morgan fingerprint density at radius 2 is 1.61 bits per heavy atom. The standard InChI is InChI=1S/C39H60N4O5.BrH/c1-8-23-43(9-2,28-33(44)27-35-29(3)19-20-36(32(35)6)42(46)47)24-17-13-11-10-12-15-21-41-22-16-14-18-37(41)39(45)40-38-30(4)25-34(48-7)26-31(38)5;/h19-20,25-26,37H,8-18,21-24,27-28H2,1-7H3;1H. The van der Waals surface area contributed by atoms with Crippen LogP contribution < -0.4 is 27.0 Å². The number of hydrogen-bond donors (Lipinski definition) is 1. The number of hydrogen-bond acceptors (Lipinski definition) is 6. The third-order valence-corrected chi connectivity index (χ3v) is 10.5. The first-order chi connectivity index (χ1) is 22.9. The minimum atomic E-state index is -0.359. The van der Waals surface area contributed by atoms with Gasteiger partial charge in [0.2, 0.25) is 5.91 Å². The second kappa shape index (κ2) is 20.8. The number of nitro groups is 1. The molecular formula is C39H61BrN4O5. The second-order valence-electron chi connectivity index (χ2n) is 14.0. The van der Waals surface area contributed by atoms with Crippen molar-refractivity contribution in [3.63, 3.8) is 0 Å². The maximum absolute atomic E-state index is 13.4. The molecule has 1 aliphatic heterocycles. The highest BCUT2D eigenvalue weighted by Crippen LogP contribution is 2.28. The monoisotopic (exact) mass is 744 g/mol. The molecule has 1 amide bonds. The lowest BCUT2D eigenvalue weighted by Gasteiger charge is -2.37. The van der Waals surface area contributed by atoms with Crippen molar-refractivity contribution in [1.29, 1.82) is 0 Å². The zero-order chi connectivity index (χ0) is 35.3. The van der Waals surface area contributed by atoms with Crippen molar-refractivity contribution in [2.45, 2.75) is 118 Å². The zero-order valence-electron chi connectivity index (χ0n) is 31.2. The van der Waals surface area contributed by atoms with Crippen molar-refractivity contribution >= 4 is 23.1 Å². The lowest BCUT2D eigenvalue weighted by molar-refractivity contribution is -0.919. The van der Waals surface area contributed by atoms with Crippen molar-refractivity contribution in [1.82, 2.24) is 4.90 Å². The maximum Gasteiger partial charge on any atom is 0.272 e. The average Bonchev–Trinajstić information content (AvgIpc) is 3.05. The molecule has 2 aromatic rings. The molecule has 1 saturated heterocycles. The molecule has 1 N–H and O–H groups in total. The van der Waals surface area contributed by atoms with Crippen molar-refractivity contribution in [3.05, 3.63) is 62.2 Å². The first-order valence-corrected chi connectivity index (χ1v) is 18.3. The number of carbonyl (C=O) groups excluding carboxylic acids is 2. The summed E-state index contributed by atoms with van der Waals surface area (Å²) in [7, 11) is 1.66. The SMILES string of the molecule is CCC[N+](CC)(CCCCCCCCN1CCCCC1C(=O)Nc1c(C)cc(OC)cc1C)CC(=O)Cc1c(C)ccc([N+](=O)[O-])c1C.[Br-]. The Labute approximate surface area is 305 Å². The highest BCUT2D eigenvalue weighted by Gasteiger charge is 2.30. The van der Waals surface area contributed by atoms with E-state index in [4.69, 9.17) is 4.74 Å². The maximum atomic E-state index is 13.4. The molecule has 1 heterocycles. The predicted octanol–water partition coefficient (Wildman–Crippen LogP) is 5.03. The van der Waals surface area contributed by atoms with E-state index in [0.29, 0.717) is 12.1 Å². The Hall–Kier alpha value is -2.82. The molecule has 274 valence electrons. The van der Waals surface area contributed by atoms with Crippen LogP contribution in [0.4, 0.5) is 11.4 Å². The zero-order valence-corrected chi connectivity index (χ0v) is 32.8. The molecular weight excluding hydrogens is 684 g/mol. The Kier molecular flexibility index (Phi) is 17.9. The highest BCUT2D eigenvalue weighted by molar-refractivity contribution is 5.96. The third kappa shape index (κ3) is 12.2. The average molecular weight is 746 g/mol. The van der Waals surface area contributed by atoms with Gasteiger partial charge in [0.25, 0.3) is 5.69 Å². The molecule has 2 atom stereocenters. The summed E-state index contributed by atoms with van der Waals surface area (Å²) in [4.78, 5) is 40.3. The normalized spacial score (nSPS) is 16.0. The Bertz CT molecular complexity index is 1380. The van der Waals surface area contributed by atoms with E-state index in [1.54, 1.807) is 20.1 Å². The fraction of sp³-hybridized carbons (Fsp3) is 0.641. The van der Waals surface area contributed by atoms with Crippen LogP contribution in [0.25, 0.3) is 0 Å². The first-order valence-electron chi connectivity index (χ1n) is 18.3. The topological polar surface area (TPSA) is 102 Å². The van der Waals surface area contributed by atoms with E-state index in [0.717, 1.165) is 122 Å². The van der Waals surface area contributed by atoms with Crippen LogP contribution >= 0.6 is 0 Å². The number of nitro benzene ring substituents is 1. The summed E-state index contributed by atoms with van der Waals surface area (Å²) in [6, 6.07) is 7.16. The fourth-order valence-electron chi connectivity index (χ4n) is 7.62. The number of Topliss-reactive ketones (excluding diaryl/α,β-unsaturated/α-hetero) is 1. The molecule has 0 spiro atoms. The lowest BCUT2D eigenvalue weighted by atomic mass is 9.96. The summed E-state index contributed by atoms with van der Waals surface area (Å²) >= 11 is 0. The van der Waals surface area contributed by atoms with Gasteiger partial charge in [0, 0.05) is 23.7 Å². The first kappa shape index (κ1) is 42.3. The van der Waals surface area contributed by atoms with Crippen molar-refractivity contribution in [3.8, 4) is 5.75 Å². The van der Waals surface area contributed by atoms with Crippen LogP contribution in [0.1, 0.15) is 106 Å². The number of amides is 1. The molecule has 49 heavy (non-hydrogen) atoms. The van der Waals surface area contributed by atoms with E-state index < -0.39 is 0 Å². The molecule has 3 rings (SSSR count). The number of ketones is 1. The van der Waals surface area contributed by atoms with Crippen LogP contribution in [-0.2, 0) is 16.0 Å². The smallest absolute Gasteiger partial charge is 0.272 e. The van der Waals surface area contributed by atoms with Gasteiger partial charge in [-0.2, -0.15) is 0 Å². The number of nitrogens with zero attached hydrogens (tertiary/aromatic N) is 3. The van der Waals surface area contributed by atoms with Crippen LogP contribution in [0.15, 0.2) is 24.3 Å². The van der Waals surface area contributed by atoms with E-state index in [1.807, 2.05) is 32.9 Å². The molecule has 1 aliphatic rings. The molecule has 2 unspecified atom stereocenters. The number of piperidine rings is 1. The number of carbonyl (C=O) groups is 2. The number of anilines is 1. The second-order valence-corrected chi connectivity index (χ2v) is 14.0. The predicted molar refractivity (Wildman–Crippen MR) is 195 cm³/mol. The van der Waals surface area contributed by atoms with Crippen LogP contribution in [0.2, 0.25) is 0 Å². The molecule has 0 bridgehead atoms. The highest BCUT2D eigenvalue weighted by atomic mass is 79.9. The van der Waals surface area contributed by atoms with E-state index >= 15 is 0 Å². The van der Waals surface area contributed by atoms with Gasteiger partial charge in [-0.15, -0.1) is 0 Å². The van der Waals surface area contributed by atoms with E-state index in [1.165, 1.54) is 18.9 Å². The fourth-order valence-corrected chi connectivity index (χ4v) is 7.62. The van der Waals surface area contributed by atoms with Gasteiger partial charge in [-0.1, -0.05) is 38.7 Å². The summed E-state index contributed by atoms with van der Waals surface area (Å²) in [5, 5.41) is 14.7. The lowest BCUT2D eigenvalue weighted by Crippen LogP contribution is -3.00. The van der Waals surface area contributed by atoms with E-state index in [-0.39, 0.29) is 51.7 Å². The van der Waals surface area contributed by atoms with E-state index in [2.05, 4.69) is 24.1 Å². The van der Waals surface area contributed by atoms with Gasteiger partial charge < -0.3 is 31.5 Å². The quantitative estimate of drug-likeness (QED) is 0.0884.